The fourth-order valence-corrected chi connectivity index (χ4v) is 17.5. The van der Waals surface area contributed by atoms with Crippen LogP contribution in [0.3, 0.4) is 0 Å². The molecule has 0 aromatic heterocycles. The SMILES string of the molecule is C.CC[C@H]1OC(=O)[C@H](C)[C@@H](OC2CC(C)(OC)C(O)C(C)O2)[C@H](C)[C@@H](OC2OC(C)CC(N(C)C/C=C/CON=C3[C@H](C)C[C@@](C)(O)[C@H](OC4OC(C)CC(N(C)C)C4O)[C@@H](C)[C@H](OC4CC(C)(OC)C(O)C(C)O4)[C@@H](C)C(=O)O[C@H](CC)[C@@](C)(O)[C@H](O)[C@H]3C)C2O)[C@](C)(O)C[C@@H](C)C(=O)[C@H](C)[C@@H](O)[C@]1(C)O. The number of nitrogens with zero attached hydrogens (tertiary/aromatic N) is 3. The Morgan fingerprint density at radius 3 is 1.31 bits per heavy atom. The normalized spacial score (nSPS) is 48.5. The fraction of sp³-hybridized carbons (Fsp3) is 0.923. The van der Waals surface area contributed by atoms with Crippen molar-refractivity contribution in [3.63, 3.8) is 0 Å². The molecule has 6 aliphatic rings. The number of hydrogen-bond acceptors (Lipinski definition) is 29. The van der Waals surface area contributed by atoms with E-state index in [9.17, 15) is 65.4 Å². The van der Waals surface area contributed by atoms with Crippen LogP contribution >= 0.6 is 0 Å². The smallest absolute Gasteiger partial charge is 0.311 e. The van der Waals surface area contributed by atoms with Crippen LogP contribution in [0, 0.1) is 47.3 Å². The Labute approximate surface area is 636 Å². The van der Waals surface area contributed by atoms with Gasteiger partial charge in [0.1, 0.15) is 60.2 Å². The molecule has 16 unspecified atom stereocenters. The average molecular weight is 1540 g/mol. The number of methoxy groups -OCH3 is 2. The second-order valence-electron chi connectivity index (χ2n) is 33.8. The third kappa shape index (κ3) is 21.7. The Morgan fingerprint density at radius 1 is 0.514 bits per heavy atom. The second kappa shape index (κ2) is 38.4. The quantitative estimate of drug-likeness (QED) is 0.0354. The van der Waals surface area contributed by atoms with Crippen LogP contribution in [0.25, 0.3) is 0 Å². The van der Waals surface area contributed by atoms with Crippen molar-refractivity contribution in [3.8, 4) is 0 Å². The number of likely N-dealkylation sites (N-methyl/N-ethyl adjacent to an activating group) is 2. The number of esters is 2. The van der Waals surface area contributed by atoms with E-state index in [2.05, 4.69) is 5.16 Å². The van der Waals surface area contributed by atoms with Gasteiger partial charge in [-0.1, -0.05) is 74.0 Å². The lowest BCUT2D eigenvalue weighted by Crippen LogP contribution is -2.61. The van der Waals surface area contributed by atoms with E-state index >= 15 is 0 Å². The molecule has 0 radical (unpaired) electrons. The number of Topliss-reactive ketones (excluding diaryl/α,β-unsaturated/α-hetero) is 1. The number of ketones is 1. The van der Waals surface area contributed by atoms with Gasteiger partial charge >= 0.3 is 11.9 Å². The summed E-state index contributed by atoms with van der Waals surface area (Å²) in [6, 6.07) is -1.05. The minimum absolute atomic E-state index is 0. The van der Waals surface area contributed by atoms with Crippen molar-refractivity contribution < 1.29 is 127 Å². The molecule has 6 aliphatic heterocycles. The summed E-state index contributed by atoms with van der Waals surface area (Å²) in [6.07, 6.45) is -19.0. The van der Waals surface area contributed by atoms with Crippen LogP contribution in [0.2, 0.25) is 0 Å². The number of aliphatic hydroxyl groups is 10. The Hall–Kier alpha value is -3.06. The molecule has 6 heterocycles. The molecular formula is C78H141N3O26. The monoisotopic (exact) mass is 1540 g/mol. The molecule has 107 heavy (non-hydrogen) atoms. The Morgan fingerprint density at radius 2 is 0.907 bits per heavy atom. The van der Waals surface area contributed by atoms with Crippen LogP contribution in [-0.4, -0.2) is 301 Å². The van der Waals surface area contributed by atoms with Crippen molar-refractivity contribution in [1.82, 2.24) is 9.80 Å². The summed E-state index contributed by atoms with van der Waals surface area (Å²) >= 11 is 0. The molecule has 6 saturated heterocycles. The van der Waals surface area contributed by atoms with E-state index in [1.165, 1.54) is 41.9 Å². The lowest BCUT2D eigenvalue weighted by Gasteiger charge is -2.49. The number of rotatable bonds is 19. The first kappa shape index (κ1) is 94.5. The maximum Gasteiger partial charge on any atom is 0.311 e. The Kier molecular flexibility index (Phi) is 33.9. The minimum Gasteiger partial charge on any atom is -0.459 e. The molecule has 10 N–H and O–H groups in total. The van der Waals surface area contributed by atoms with Crippen LogP contribution < -0.4 is 0 Å². The molecular weight excluding hydrogens is 1390 g/mol. The van der Waals surface area contributed by atoms with E-state index < -0.39 is 227 Å². The largest absolute Gasteiger partial charge is 0.459 e. The molecule has 0 bridgehead atoms. The summed E-state index contributed by atoms with van der Waals surface area (Å²) in [7, 11) is 8.40. The van der Waals surface area contributed by atoms with E-state index in [1.54, 1.807) is 116 Å². The molecule has 6 rings (SSSR count). The zero-order valence-corrected chi connectivity index (χ0v) is 67.9. The second-order valence-corrected chi connectivity index (χ2v) is 33.8. The van der Waals surface area contributed by atoms with E-state index in [-0.39, 0.29) is 70.9 Å². The van der Waals surface area contributed by atoms with Crippen molar-refractivity contribution in [3.05, 3.63) is 12.2 Å². The third-order valence-corrected chi connectivity index (χ3v) is 24.5. The summed E-state index contributed by atoms with van der Waals surface area (Å²) in [6.45, 7) is 32.8. The fourth-order valence-electron chi connectivity index (χ4n) is 17.5. The van der Waals surface area contributed by atoms with Gasteiger partial charge in [0.15, 0.2) is 25.2 Å². The number of oxime groups is 1. The highest BCUT2D eigenvalue weighted by molar-refractivity contribution is 5.89. The molecule has 0 saturated carbocycles. The third-order valence-electron chi connectivity index (χ3n) is 24.5. The Balaban J connectivity index is 0.0000205. The van der Waals surface area contributed by atoms with E-state index in [0.717, 1.165) is 0 Å². The molecule has 29 heteroatoms. The van der Waals surface area contributed by atoms with Gasteiger partial charge in [-0.15, -0.1) is 0 Å². The molecule has 0 aromatic rings. The van der Waals surface area contributed by atoms with E-state index in [4.69, 9.17) is 61.7 Å². The van der Waals surface area contributed by atoms with Gasteiger partial charge in [0.05, 0.1) is 101 Å². The highest BCUT2D eigenvalue weighted by Gasteiger charge is 2.57. The first-order valence-corrected chi connectivity index (χ1v) is 38.5. The maximum absolute atomic E-state index is 14.8. The van der Waals surface area contributed by atoms with Gasteiger partial charge in [-0.05, 0) is 149 Å². The van der Waals surface area contributed by atoms with E-state index in [1.807, 2.05) is 37.7 Å². The van der Waals surface area contributed by atoms with Gasteiger partial charge in [-0.3, -0.25) is 19.3 Å². The van der Waals surface area contributed by atoms with E-state index in [0.29, 0.717) is 12.8 Å². The van der Waals surface area contributed by atoms with Crippen molar-refractivity contribution >= 4 is 23.4 Å². The molecule has 0 spiro atoms. The molecule has 36 atom stereocenters. The summed E-state index contributed by atoms with van der Waals surface area (Å²) in [5.41, 5.74) is -10.1. The van der Waals surface area contributed by atoms with Crippen molar-refractivity contribution in [2.45, 2.75) is 366 Å². The number of hydrogen-bond donors (Lipinski definition) is 10. The first-order valence-electron chi connectivity index (χ1n) is 38.5. The molecule has 624 valence electrons. The van der Waals surface area contributed by atoms with Gasteiger partial charge in [-0.2, -0.15) is 0 Å². The van der Waals surface area contributed by atoms with Crippen LogP contribution in [-0.2, 0) is 76.1 Å². The zero-order valence-electron chi connectivity index (χ0n) is 67.9. The summed E-state index contributed by atoms with van der Waals surface area (Å²) < 4.78 is 76.5. The highest BCUT2D eigenvalue weighted by atomic mass is 16.7. The average Bonchev–Trinajstić information content (AvgIpc) is 0.775. The van der Waals surface area contributed by atoms with Crippen molar-refractivity contribution in [1.29, 1.82) is 0 Å². The van der Waals surface area contributed by atoms with Crippen LogP contribution in [0.4, 0.5) is 0 Å². The molecule has 0 aromatic carbocycles. The van der Waals surface area contributed by atoms with Gasteiger partial charge in [-0.25, -0.2) is 0 Å². The predicted molar refractivity (Wildman–Crippen MR) is 396 cm³/mol. The number of carbonyl (C=O) groups excluding carboxylic acids is 3. The molecule has 0 aliphatic carbocycles. The molecule has 0 amide bonds. The zero-order chi connectivity index (χ0) is 80.2. The van der Waals surface area contributed by atoms with Crippen LogP contribution in [0.5, 0.6) is 0 Å². The maximum atomic E-state index is 14.8. The summed E-state index contributed by atoms with van der Waals surface area (Å²) in [5, 5.41) is 126. The van der Waals surface area contributed by atoms with Gasteiger partial charge in [0, 0.05) is 81.2 Å². The Bertz CT molecular complexity index is 2870. The standard InChI is InChI=1S/C77H137N3O26.CH4/c1-26-52-76(19,92)62(84)42(7)56(38(3)34-72(15,90)66(105-70-58(82)50(79(21)22)32-40(5)97-70)44(9)60(46(11)68(88)101-52)103-54-36-74(17,94-24)64(86)48(13)99-54)78-96-31-29-28-30-80(23)51-33-41(6)98-71(59(51)83)106-67-45(10)61(104-55-37-75(18,95-25)65(87)49(14)100-55)47(12)69(89)102-53(27-2)77(20,93)63(85)43(8)57(81)39(4)35-73(67,16)91;/h28-29,38-55,58-67,70-71,82-87,90-93H,26-27,30-37H2,1-25H3;1H4/b29-28+,78-56?;/t38-,39-,40?,41?,42+,43+,44+,45+,46-,47-,48?,49?,50?,51?,52-,53-,54?,55?,58?,59?,60+,61+,62-,63-,64?,65?,66-,67-,70?,71?,72-,73-,74?,75?,76-,77-;/m1./s1. The van der Waals surface area contributed by atoms with Gasteiger partial charge < -0.3 is 118 Å². The van der Waals surface area contributed by atoms with Gasteiger partial charge in [0.2, 0.25) is 0 Å². The number of aliphatic hydroxyl groups excluding tert-OH is 6. The lowest BCUT2D eigenvalue weighted by atomic mass is 9.73. The first-order chi connectivity index (χ1) is 49.0. The number of ether oxygens (including phenoxy) is 12. The van der Waals surface area contributed by atoms with Crippen molar-refractivity contribution in [2.24, 2.45) is 52.5 Å². The molecule has 6 fully saturated rings. The predicted octanol–water partition coefficient (Wildman–Crippen LogP) is 4.95. The minimum atomic E-state index is -2.10. The topological polar surface area (TPSA) is 392 Å². The number of cyclic esters (lactones) is 2. The molecule has 29 nitrogen and oxygen atoms in total. The summed E-state index contributed by atoms with van der Waals surface area (Å²) in [4.78, 5) is 53.5. The summed E-state index contributed by atoms with van der Waals surface area (Å²) in [5.74, 6) is -10.3. The van der Waals surface area contributed by atoms with Crippen molar-refractivity contribution in [2.75, 3.05) is 48.5 Å². The van der Waals surface area contributed by atoms with Crippen LogP contribution in [0.15, 0.2) is 17.3 Å². The van der Waals surface area contributed by atoms with Crippen LogP contribution in [0.1, 0.15) is 197 Å². The highest BCUT2D eigenvalue weighted by Crippen LogP contribution is 2.45. The number of carbonyl (C=O) groups is 3. The van der Waals surface area contributed by atoms with Gasteiger partial charge in [0.25, 0.3) is 0 Å². The lowest BCUT2D eigenvalue weighted by molar-refractivity contribution is -0.318.